The van der Waals surface area contributed by atoms with Crippen molar-refractivity contribution in [3.05, 3.63) is 59.7 Å². The van der Waals surface area contributed by atoms with E-state index >= 15 is 0 Å². The molecule has 4 aliphatic heterocycles. The predicted molar refractivity (Wildman–Crippen MR) is 267 cm³/mol. The van der Waals surface area contributed by atoms with Gasteiger partial charge in [-0.15, -0.1) is 0 Å². The number of nitrogens with two attached hydrogens (primary N) is 1. The topological polar surface area (TPSA) is 230 Å². The van der Waals surface area contributed by atoms with Crippen LogP contribution in [-0.4, -0.2) is 246 Å². The van der Waals surface area contributed by atoms with Crippen LogP contribution >= 0.6 is 0 Å². The van der Waals surface area contributed by atoms with E-state index in [1.807, 2.05) is 34.1 Å². The molecule has 6 rings (SSSR count). The number of hydrogen-bond acceptors (Lipinski definition) is 14. The molecule has 1 radical (unpaired) electrons. The number of carboxylic acids is 4. The number of amides is 1. The second kappa shape index (κ2) is 33.8. The fourth-order valence-electron chi connectivity index (χ4n) is 10.3. The SMILES string of the molecule is CC(=O)Nc1ccc(CC2CN3CCCN(CC(=O)O)CCN(CCCN(CC(=O)O)CC3)C2)cc1.Nc1ccc(CC2CN3CCCN(CC(=O)O)CCN(CCCN(CC(=O)O)CC3)C2)cc1.[Cu].[Gd]. The summed E-state index contributed by atoms with van der Waals surface area (Å²) in [7, 11) is 0. The van der Waals surface area contributed by atoms with Crippen molar-refractivity contribution in [2.75, 3.05) is 168 Å². The van der Waals surface area contributed by atoms with Gasteiger partial charge in [0.05, 0.1) is 26.2 Å². The van der Waals surface area contributed by atoms with E-state index in [1.54, 1.807) is 0 Å². The first-order chi connectivity index (χ1) is 33.1. The van der Waals surface area contributed by atoms with Gasteiger partial charge in [0.15, 0.2) is 0 Å². The van der Waals surface area contributed by atoms with Crippen LogP contribution in [0.3, 0.4) is 0 Å². The minimum absolute atomic E-state index is 0. The number of fused-ring (bicyclic) bond motifs is 8. The molecule has 4 aliphatic rings. The minimum atomic E-state index is -0.792. The van der Waals surface area contributed by atoms with Crippen molar-refractivity contribution in [1.82, 2.24) is 39.2 Å². The van der Waals surface area contributed by atoms with Crippen molar-refractivity contribution >= 4 is 41.2 Å². The third kappa shape index (κ3) is 25.8. The first-order valence-corrected chi connectivity index (χ1v) is 25.0. The van der Waals surface area contributed by atoms with Crippen molar-refractivity contribution in [3.63, 3.8) is 0 Å². The molecule has 4 fully saturated rings. The fourth-order valence-corrected chi connectivity index (χ4v) is 10.3. The maximum absolute atomic E-state index is 11.4. The normalized spacial score (nSPS) is 24.9. The molecular weight excluding hydrogens is 1110 g/mol. The number of nitrogens with one attached hydrogen (secondary N) is 1. The largest absolute Gasteiger partial charge is 0.480 e. The van der Waals surface area contributed by atoms with Gasteiger partial charge in [0, 0.05) is 180 Å². The molecule has 0 saturated carbocycles. The summed E-state index contributed by atoms with van der Waals surface area (Å²) in [6.45, 7) is 18.1. The zero-order chi connectivity index (χ0) is 49.5. The Hall–Kier alpha value is -2.89. The van der Waals surface area contributed by atoms with Crippen molar-refractivity contribution in [2.45, 2.75) is 45.4 Å². The number of carbonyl (C=O) groups is 5. The van der Waals surface area contributed by atoms with E-state index in [4.69, 9.17) is 5.73 Å². The Bertz CT molecular complexity index is 1830. The van der Waals surface area contributed by atoms with Crippen molar-refractivity contribution < 1.29 is 101 Å². The van der Waals surface area contributed by atoms with E-state index in [0.717, 1.165) is 168 Å². The maximum Gasteiger partial charge on any atom is 0.317 e. The average molecular weight is 1190 g/mol. The van der Waals surface area contributed by atoms with E-state index in [2.05, 4.69) is 59.0 Å². The van der Waals surface area contributed by atoms with Gasteiger partial charge in [-0.2, -0.15) is 0 Å². The van der Waals surface area contributed by atoms with Crippen LogP contribution in [0.15, 0.2) is 48.5 Å². The molecule has 71 heavy (non-hydrogen) atoms. The number of nitrogens with zero attached hydrogens (tertiary/aromatic N) is 8. The number of rotatable bonds is 13. The molecule has 0 aromatic heterocycles. The van der Waals surface area contributed by atoms with Crippen LogP contribution in [0.25, 0.3) is 0 Å². The number of hydrogen-bond donors (Lipinski definition) is 6. The smallest absolute Gasteiger partial charge is 0.317 e. The van der Waals surface area contributed by atoms with Gasteiger partial charge in [0.25, 0.3) is 0 Å². The van der Waals surface area contributed by atoms with Crippen LogP contribution in [0, 0.1) is 51.8 Å². The summed E-state index contributed by atoms with van der Waals surface area (Å²) in [5.41, 5.74) is 9.94. The number of benzene rings is 2. The standard InChI is InChI=1S/C26H41N5O5.C24H39N5O4.Cu.Gd/c1-21(32)27-24-6-4-22(5-7-24)16-23-17-28-8-2-10-30(19-25(33)34)14-13-29(18-23)9-3-11-31(15-12-28)20-26(35)36;25-22-5-3-20(4-6-22)15-21-16-26-7-1-9-28(18-23(30)31)13-12-27(17-21)8-2-10-29(14-11-26)19-24(32)33;;/h4-7,23H,2-3,8-20H2,1H3,(H,27,32)(H,33,34)(H,35,36);3-6,21H,1-2,7-19,25H2,(H,30,31)(H,32,33);;. The Morgan fingerprint density at radius 2 is 0.746 bits per heavy atom. The molecule has 403 valence electrons. The maximum atomic E-state index is 11.4. The predicted octanol–water partition coefficient (Wildman–Crippen LogP) is 1.60. The molecule has 4 saturated heterocycles. The molecule has 4 unspecified atom stereocenters. The molecular formula is C50H80CuGdN10O9. The molecule has 4 heterocycles. The molecule has 1 amide bonds. The van der Waals surface area contributed by atoms with Gasteiger partial charge in [0.1, 0.15) is 0 Å². The van der Waals surface area contributed by atoms with Gasteiger partial charge in [-0.05, 0) is 112 Å². The second-order valence-corrected chi connectivity index (χ2v) is 19.6. The number of nitrogen functional groups attached to an aromatic ring is 1. The van der Waals surface area contributed by atoms with Crippen molar-refractivity contribution in [3.8, 4) is 0 Å². The molecule has 4 bridgehead atoms. The summed E-state index contributed by atoms with van der Waals surface area (Å²) in [4.78, 5) is 74.8. The Morgan fingerprint density at radius 1 is 0.465 bits per heavy atom. The van der Waals surface area contributed by atoms with Gasteiger partial charge in [-0.25, -0.2) is 0 Å². The summed E-state index contributed by atoms with van der Waals surface area (Å²) in [6.07, 6.45) is 5.44. The van der Waals surface area contributed by atoms with Gasteiger partial charge >= 0.3 is 23.9 Å². The molecule has 21 heteroatoms. The number of carbonyl (C=O) groups excluding carboxylic acids is 1. The molecule has 7 N–H and O–H groups in total. The summed E-state index contributed by atoms with van der Waals surface area (Å²) in [5, 5.41) is 40.2. The summed E-state index contributed by atoms with van der Waals surface area (Å²) < 4.78 is 0. The molecule has 4 atom stereocenters. The third-order valence-corrected chi connectivity index (χ3v) is 13.5. The first-order valence-electron chi connectivity index (χ1n) is 25.0. The molecule has 19 nitrogen and oxygen atoms in total. The summed E-state index contributed by atoms with van der Waals surface area (Å²) >= 11 is 0. The Labute approximate surface area is 463 Å². The zero-order valence-electron chi connectivity index (χ0n) is 41.6. The monoisotopic (exact) mass is 1190 g/mol. The van der Waals surface area contributed by atoms with Crippen molar-refractivity contribution in [2.24, 2.45) is 11.8 Å². The first kappa shape index (κ1) is 62.4. The quantitative estimate of drug-likeness (QED) is 0.124. The Morgan fingerprint density at radius 3 is 1.01 bits per heavy atom. The summed E-state index contributed by atoms with van der Waals surface area (Å²) in [6, 6.07) is 16.2. The number of anilines is 2. The number of carboxylic acid groups (broad SMARTS) is 4. The number of aliphatic carboxylic acids is 4. The second-order valence-electron chi connectivity index (χ2n) is 19.6. The van der Waals surface area contributed by atoms with E-state index in [-0.39, 0.29) is 89.1 Å². The fraction of sp³-hybridized carbons (Fsp3) is 0.660. The van der Waals surface area contributed by atoms with E-state index in [9.17, 15) is 44.4 Å². The van der Waals surface area contributed by atoms with Crippen molar-refractivity contribution in [1.29, 1.82) is 0 Å². The van der Waals surface area contributed by atoms with Crippen LogP contribution in [0.1, 0.15) is 43.7 Å². The Kier molecular flexibility index (Phi) is 29.7. The van der Waals surface area contributed by atoms with Crippen LogP contribution in [-0.2, 0) is 53.9 Å². The molecule has 2 aromatic carbocycles. The van der Waals surface area contributed by atoms with E-state index in [1.165, 1.54) is 18.1 Å². The van der Waals surface area contributed by atoms with Crippen LogP contribution in [0.2, 0.25) is 0 Å². The zero-order valence-corrected chi connectivity index (χ0v) is 44.8. The van der Waals surface area contributed by atoms with Crippen LogP contribution in [0.4, 0.5) is 11.4 Å². The molecule has 0 spiro atoms. The molecule has 2 aromatic rings. The van der Waals surface area contributed by atoms with Gasteiger partial charge < -0.3 is 51.1 Å². The summed E-state index contributed by atoms with van der Waals surface area (Å²) in [5.74, 6) is -2.41. The van der Waals surface area contributed by atoms with Gasteiger partial charge in [-0.1, -0.05) is 24.3 Å². The Balaban J connectivity index is 0.000000366. The van der Waals surface area contributed by atoms with E-state index < -0.39 is 23.9 Å². The van der Waals surface area contributed by atoms with Crippen LogP contribution in [0.5, 0.6) is 0 Å². The minimum Gasteiger partial charge on any atom is -0.480 e. The van der Waals surface area contributed by atoms with E-state index in [0.29, 0.717) is 24.9 Å². The average Bonchev–Trinajstić information content (AvgIpc) is 3.37. The van der Waals surface area contributed by atoms with Crippen LogP contribution < -0.4 is 11.1 Å². The van der Waals surface area contributed by atoms with Gasteiger partial charge in [-0.3, -0.25) is 43.6 Å². The molecule has 0 aliphatic carbocycles. The third-order valence-electron chi connectivity index (χ3n) is 13.5. The van der Waals surface area contributed by atoms with Gasteiger partial charge in [0.2, 0.25) is 5.91 Å².